The van der Waals surface area contributed by atoms with Crippen LogP contribution in [0.5, 0.6) is 0 Å². The molecule has 0 fully saturated rings. The molecule has 0 bridgehead atoms. The van der Waals surface area contributed by atoms with Crippen LogP contribution in [0.25, 0.3) is 5.76 Å². The summed E-state index contributed by atoms with van der Waals surface area (Å²) in [5, 5.41) is 0. The van der Waals surface area contributed by atoms with E-state index in [2.05, 4.69) is 0 Å². The second-order valence-corrected chi connectivity index (χ2v) is 3.53. The summed E-state index contributed by atoms with van der Waals surface area (Å²) < 4.78 is 9.79. The zero-order valence-electron chi connectivity index (χ0n) is 9.23. The van der Waals surface area contributed by atoms with Crippen LogP contribution < -0.4 is 5.73 Å². The molecule has 1 aliphatic heterocycles. The summed E-state index contributed by atoms with van der Waals surface area (Å²) in [6.45, 7) is 1.37. The molecule has 88 valence electrons. The van der Waals surface area contributed by atoms with Crippen LogP contribution in [0.1, 0.15) is 22.8 Å². The van der Waals surface area contributed by atoms with Gasteiger partial charge in [0.1, 0.15) is 12.4 Å². The highest BCUT2D eigenvalue weighted by molar-refractivity contribution is 6.07. The Kier molecular flexibility index (Phi) is 2.82. The minimum Gasteiger partial charge on any atom is -0.461 e. The lowest BCUT2D eigenvalue weighted by Crippen LogP contribution is -1.99. The fraction of sp³-hybridized carbons (Fsp3) is 0.167. The Bertz CT molecular complexity index is 519. The Hall–Kier alpha value is -2.30. The van der Waals surface area contributed by atoms with Gasteiger partial charge in [0, 0.05) is 18.2 Å². The monoisotopic (exact) mass is 233 g/mol. The van der Waals surface area contributed by atoms with Gasteiger partial charge in [-0.1, -0.05) is 12.1 Å². The third kappa shape index (κ3) is 2.13. The van der Waals surface area contributed by atoms with E-state index >= 15 is 0 Å². The lowest BCUT2D eigenvalue weighted by molar-refractivity contribution is -0.139. The summed E-state index contributed by atoms with van der Waals surface area (Å²) in [5.41, 5.74) is 7.06. The molecular formula is C12H11NO4. The van der Waals surface area contributed by atoms with Crippen molar-refractivity contribution in [3.05, 3.63) is 35.4 Å². The molecular weight excluding hydrogens is 222 g/mol. The van der Waals surface area contributed by atoms with Crippen LogP contribution in [0, 0.1) is 0 Å². The maximum atomic E-state index is 11.5. The molecule has 5 nitrogen and oxygen atoms in total. The molecule has 0 unspecified atom stereocenters. The van der Waals surface area contributed by atoms with Gasteiger partial charge >= 0.3 is 11.9 Å². The second-order valence-electron chi connectivity index (χ2n) is 3.53. The zero-order chi connectivity index (χ0) is 12.4. The van der Waals surface area contributed by atoms with Crippen molar-refractivity contribution < 1.29 is 19.1 Å². The van der Waals surface area contributed by atoms with Crippen molar-refractivity contribution in [2.24, 2.45) is 0 Å². The van der Waals surface area contributed by atoms with Gasteiger partial charge in [-0.3, -0.25) is 4.79 Å². The molecule has 5 heteroatoms. The van der Waals surface area contributed by atoms with Crippen LogP contribution in [-0.4, -0.2) is 18.5 Å². The van der Waals surface area contributed by atoms with Crippen molar-refractivity contribution in [1.29, 1.82) is 0 Å². The lowest BCUT2D eigenvalue weighted by Gasteiger charge is -2.00. The molecule has 17 heavy (non-hydrogen) atoms. The van der Waals surface area contributed by atoms with E-state index in [4.69, 9.17) is 15.2 Å². The Labute approximate surface area is 97.8 Å². The topological polar surface area (TPSA) is 78.6 Å². The molecule has 0 spiro atoms. The van der Waals surface area contributed by atoms with Gasteiger partial charge in [-0.15, -0.1) is 0 Å². The number of fused-ring (bicyclic) bond motifs is 1. The van der Waals surface area contributed by atoms with E-state index in [1.165, 1.54) is 13.0 Å². The van der Waals surface area contributed by atoms with E-state index in [1.54, 1.807) is 18.2 Å². The number of carbonyl (C=O) groups excluding carboxylic acids is 2. The number of anilines is 1. The second kappa shape index (κ2) is 4.29. The molecule has 1 aromatic carbocycles. The quantitative estimate of drug-likeness (QED) is 0.616. The number of nitrogen functional groups attached to an aromatic ring is 1. The molecule has 1 aliphatic rings. The minimum atomic E-state index is -0.479. The number of carbonyl (C=O) groups is 2. The van der Waals surface area contributed by atoms with Crippen LogP contribution in [0.4, 0.5) is 5.69 Å². The number of ether oxygens (including phenoxy) is 2. The molecule has 2 rings (SSSR count). The fourth-order valence-corrected chi connectivity index (χ4v) is 1.60. The first-order valence-corrected chi connectivity index (χ1v) is 5.04. The number of benzene rings is 1. The molecule has 0 aromatic heterocycles. The van der Waals surface area contributed by atoms with Gasteiger partial charge in [0.15, 0.2) is 0 Å². The van der Waals surface area contributed by atoms with Gasteiger partial charge in [0.25, 0.3) is 0 Å². The predicted octanol–water partition coefficient (Wildman–Crippen LogP) is 1.34. The van der Waals surface area contributed by atoms with E-state index in [-0.39, 0.29) is 12.6 Å². The van der Waals surface area contributed by atoms with Crippen LogP contribution in [0.15, 0.2) is 24.3 Å². The third-order valence-electron chi connectivity index (χ3n) is 2.32. The Morgan fingerprint density at radius 2 is 2.29 bits per heavy atom. The fourth-order valence-electron chi connectivity index (χ4n) is 1.60. The summed E-state index contributed by atoms with van der Waals surface area (Å²) in [6.07, 6.45) is 1.53. The first-order chi connectivity index (χ1) is 8.09. The van der Waals surface area contributed by atoms with E-state index in [1.807, 2.05) is 0 Å². The van der Waals surface area contributed by atoms with Gasteiger partial charge in [-0.05, 0) is 12.1 Å². The van der Waals surface area contributed by atoms with Gasteiger partial charge in [-0.25, -0.2) is 4.79 Å². The number of rotatable bonds is 2. The highest BCUT2D eigenvalue weighted by Gasteiger charge is 2.28. The highest BCUT2D eigenvalue weighted by Crippen LogP contribution is 2.32. The van der Waals surface area contributed by atoms with Gasteiger partial charge < -0.3 is 15.2 Å². The number of cyclic esters (lactones) is 1. The Balaban J connectivity index is 2.28. The number of nitrogens with two attached hydrogens (primary N) is 1. The molecule has 0 amide bonds. The van der Waals surface area contributed by atoms with E-state index < -0.39 is 5.97 Å². The predicted molar refractivity (Wildman–Crippen MR) is 60.9 cm³/mol. The molecule has 0 saturated heterocycles. The molecule has 0 radical (unpaired) electrons. The normalized spacial score (nSPS) is 15.6. The van der Waals surface area contributed by atoms with E-state index in [9.17, 15) is 9.59 Å². The van der Waals surface area contributed by atoms with Gasteiger partial charge in [0.05, 0.1) is 5.56 Å². The average Bonchev–Trinajstić information content (AvgIpc) is 2.57. The molecule has 2 N–H and O–H groups in total. The SMILES string of the molecule is CC(=O)OCC=C1OC(=O)c2c(N)cccc21. The summed E-state index contributed by atoms with van der Waals surface area (Å²) >= 11 is 0. The van der Waals surface area contributed by atoms with Crippen molar-refractivity contribution >= 4 is 23.4 Å². The highest BCUT2D eigenvalue weighted by atomic mass is 16.5. The van der Waals surface area contributed by atoms with Crippen molar-refractivity contribution in [3.63, 3.8) is 0 Å². The van der Waals surface area contributed by atoms with E-state index in [0.717, 1.165) is 0 Å². The summed E-state index contributed by atoms with van der Waals surface area (Å²) in [5.74, 6) is -0.496. The third-order valence-corrected chi connectivity index (χ3v) is 2.32. The summed E-state index contributed by atoms with van der Waals surface area (Å²) in [4.78, 5) is 22.1. The standard InChI is InChI=1S/C12H11NO4/c1-7(14)16-6-5-10-8-3-2-4-9(13)11(8)12(15)17-10/h2-5H,6,13H2,1H3. The lowest BCUT2D eigenvalue weighted by atomic mass is 10.1. The van der Waals surface area contributed by atoms with Crippen molar-refractivity contribution in [2.75, 3.05) is 12.3 Å². The minimum absolute atomic E-state index is 0.0617. The van der Waals surface area contributed by atoms with Crippen molar-refractivity contribution in [3.8, 4) is 0 Å². The van der Waals surface area contributed by atoms with Crippen molar-refractivity contribution in [1.82, 2.24) is 0 Å². The van der Waals surface area contributed by atoms with Gasteiger partial charge in [-0.2, -0.15) is 0 Å². The molecule has 0 saturated carbocycles. The van der Waals surface area contributed by atoms with E-state index in [0.29, 0.717) is 22.6 Å². The number of hydrogen-bond acceptors (Lipinski definition) is 5. The smallest absolute Gasteiger partial charge is 0.346 e. The largest absolute Gasteiger partial charge is 0.461 e. The molecule has 1 aromatic rings. The summed E-state index contributed by atoms with van der Waals surface area (Å²) in [7, 11) is 0. The molecule has 1 heterocycles. The van der Waals surface area contributed by atoms with Crippen LogP contribution >= 0.6 is 0 Å². The first-order valence-electron chi connectivity index (χ1n) is 5.04. The Morgan fingerprint density at radius 3 is 3.00 bits per heavy atom. The van der Waals surface area contributed by atoms with Crippen molar-refractivity contribution in [2.45, 2.75) is 6.92 Å². The first kappa shape index (κ1) is 11.2. The van der Waals surface area contributed by atoms with Crippen LogP contribution in [0.3, 0.4) is 0 Å². The molecule has 0 aliphatic carbocycles. The zero-order valence-corrected chi connectivity index (χ0v) is 9.23. The van der Waals surface area contributed by atoms with Crippen LogP contribution in [0.2, 0.25) is 0 Å². The number of hydrogen-bond donors (Lipinski definition) is 1. The Morgan fingerprint density at radius 1 is 1.53 bits per heavy atom. The van der Waals surface area contributed by atoms with Crippen LogP contribution in [-0.2, 0) is 14.3 Å². The number of esters is 2. The average molecular weight is 233 g/mol. The molecule has 0 atom stereocenters. The maximum absolute atomic E-state index is 11.5. The summed E-state index contributed by atoms with van der Waals surface area (Å²) in [6, 6.07) is 5.10. The maximum Gasteiger partial charge on any atom is 0.346 e. The van der Waals surface area contributed by atoms with Gasteiger partial charge in [0.2, 0.25) is 0 Å².